The standard InChI is InChI=1S/C6H15N.C4H9.Li/c1-5(2)7-6(3)4;1-4(2)3;/h5-7H,1-4H3;1-3H3;. The first-order valence-electron chi connectivity index (χ1n) is 4.89. The quantitative estimate of drug-likeness (QED) is 0.620. The van der Waals surface area contributed by atoms with Crippen LogP contribution in [0, 0.1) is 0 Å². The van der Waals surface area contributed by atoms with Crippen molar-refractivity contribution in [3.8, 4) is 0 Å². The molecule has 0 unspecified atom stereocenters. The van der Waals surface area contributed by atoms with E-state index >= 15 is 0 Å². The van der Waals surface area contributed by atoms with Crippen molar-refractivity contribution < 1.29 is 0 Å². The van der Waals surface area contributed by atoms with Crippen LogP contribution in [0.4, 0.5) is 0 Å². The van der Waals surface area contributed by atoms with Crippen molar-refractivity contribution in [3.63, 3.8) is 0 Å². The third-order valence-corrected chi connectivity index (χ3v) is 0.667. The van der Waals surface area contributed by atoms with Crippen LogP contribution in [0.5, 0.6) is 0 Å². The molecule has 0 aromatic rings. The van der Waals surface area contributed by atoms with Gasteiger partial charge < -0.3 is 5.32 Å². The van der Waals surface area contributed by atoms with E-state index in [4.69, 9.17) is 0 Å². The molecular formula is C10H24LiN. The Morgan fingerprint density at radius 2 is 1.08 bits per heavy atom. The molecule has 0 fully saturated rings. The van der Waals surface area contributed by atoms with Crippen LogP contribution in [0.2, 0.25) is 4.09 Å². The second kappa shape index (κ2) is 7.01. The summed E-state index contributed by atoms with van der Waals surface area (Å²) in [5.74, 6) is 0. The van der Waals surface area contributed by atoms with E-state index in [0.717, 1.165) is 0 Å². The van der Waals surface area contributed by atoms with Gasteiger partial charge in [-0.3, -0.25) is 0 Å². The monoisotopic (exact) mass is 165 g/mol. The Morgan fingerprint density at radius 3 is 1.08 bits per heavy atom. The van der Waals surface area contributed by atoms with Crippen LogP contribution in [0.15, 0.2) is 0 Å². The van der Waals surface area contributed by atoms with E-state index in [1.165, 1.54) is 0 Å². The minimum absolute atomic E-state index is 0.500. The Kier molecular flexibility index (Phi) is 8.79. The summed E-state index contributed by atoms with van der Waals surface area (Å²) < 4.78 is 0.500. The fourth-order valence-electron chi connectivity index (χ4n) is 0.667. The van der Waals surface area contributed by atoms with Crippen LogP contribution >= 0.6 is 0 Å². The van der Waals surface area contributed by atoms with E-state index in [0.29, 0.717) is 16.2 Å². The molecule has 0 saturated heterocycles. The van der Waals surface area contributed by atoms with Crippen LogP contribution in [-0.4, -0.2) is 29.8 Å². The average molecular weight is 165 g/mol. The Balaban J connectivity index is 0. The first kappa shape index (κ1) is 15.0. The maximum atomic E-state index is 3.31. The molecule has 0 aromatic heterocycles. The molecular weight excluding hydrogens is 141 g/mol. The summed E-state index contributed by atoms with van der Waals surface area (Å²) in [5.41, 5.74) is 0. The van der Waals surface area contributed by atoms with E-state index in [2.05, 4.69) is 71.5 Å². The van der Waals surface area contributed by atoms with Crippen molar-refractivity contribution in [2.24, 2.45) is 0 Å². The summed E-state index contributed by atoms with van der Waals surface area (Å²) in [6.45, 7) is 15.2. The van der Waals surface area contributed by atoms with Gasteiger partial charge in [0.25, 0.3) is 0 Å². The number of nitrogens with one attached hydrogen (secondary N) is 1. The summed E-state index contributed by atoms with van der Waals surface area (Å²) in [6, 6.07) is 1.25. The van der Waals surface area contributed by atoms with E-state index < -0.39 is 0 Å². The SMILES string of the molecule is CC(C)NC(C)C.[Li][C](C)(C)C. The zero-order chi connectivity index (χ0) is 10.4. The summed E-state index contributed by atoms with van der Waals surface area (Å²) >= 11 is 2.19. The molecule has 0 spiro atoms. The molecule has 1 N–H and O–H groups in total. The van der Waals surface area contributed by atoms with Crippen molar-refractivity contribution >= 4 is 17.7 Å². The molecule has 0 bridgehead atoms. The van der Waals surface area contributed by atoms with Gasteiger partial charge in [0.15, 0.2) is 0 Å². The number of rotatable bonds is 2. The molecule has 0 radical (unpaired) electrons. The van der Waals surface area contributed by atoms with Crippen molar-refractivity contribution in [2.45, 2.75) is 64.6 Å². The van der Waals surface area contributed by atoms with Gasteiger partial charge in [0.2, 0.25) is 0 Å². The summed E-state index contributed by atoms with van der Waals surface area (Å²) in [5, 5.41) is 3.31. The van der Waals surface area contributed by atoms with Gasteiger partial charge in [-0.25, -0.2) is 0 Å². The first-order valence-corrected chi connectivity index (χ1v) is 4.89. The van der Waals surface area contributed by atoms with E-state index in [1.54, 1.807) is 0 Å². The maximum absolute atomic E-state index is 3.31. The van der Waals surface area contributed by atoms with Gasteiger partial charge in [-0.1, -0.05) is 27.7 Å². The molecule has 0 atom stereocenters. The molecule has 0 amide bonds. The van der Waals surface area contributed by atoms with Gasteiger partial charge in [-0.05, 0) is 0 Å². The predicted molar refractivity (Wildman–Crippen MR) is 58.9 cm³/mol. The Labute approximate surface area is 87.9 Å². The third-order valence-electron chi connectivity index (χ3n) is 0.667. The fraction of sp³-hybridized carbons (Fsp3) is 1.00. The molecule has 1 nitrogen and oxygen atoms in total. The van der Waals surface area contributed by atoms with Crippen LogP contribution in [0.1, 0.15) is 48.5 Å². The third kappa shape index (κ3) is 46.4. The summed E-state index contributed by atoms with van der Waals surface area (Å²) in [6.07, 6.45) is 0. The Bertz CT molecular complexity index is 80.5. The van der Waals surface area contributed by atoms with Crippen molar-refractivity contribution in [3.05, 3.63) is 0 Å². The van der Waals surface area contributed by atoms with E-state index in [-0.39, 0.29) is 0 Å². The molecule has 0 heterocycles. The second-order valence-electron chi connectivity index (χ2n) is 5.48. The molecule has 0 aliphatic heterocycles. The van der Waals surface area contributed by atoms with Crippen LogP contribution in [0.3, 0.4) is 0 Å². The molecule has 0 rings (SSSR count). The van der Waals surface area contributed by atoms with Crippen LogP contribution in [0.25, 0.3) is 0 Å². The molecule has 70 valence electrons. The Morgan fingerprint density at radius 1 is 0.917 bits per heavy atom. The molecule has 0 aromatic carbocycles. The second-order valence-corrected chi connectivity index (χ2v) is 5.48. The van der Waals surface area contributed by atoms with Crippen molar-refractivity contribution in [1.29, 1.82) is 0 Å². The molecule has 12 heavy (non-hydrogen) atoms. The van der Waals surface area contributed by atoms with Crippen LogP contribution < -0.4 is 5.32 Å². The zero-order valence-electron chi connectivity index (χ0n) is 10.2. The molecule has 2 heteroatoms. The van der Waals surface area contributed by atoms with Crippen molar-refractivity contribution in [1.82, 2.24) is 5.32 Å². The first-order chi connectivity index (χ1) is 5.13. The Hall–Kier alpha value is 0.557. The zero-order valence-corrected chi connectivity index (χ0v) is 10.2. The van der Waals surface area contributed by atoms with Gasteiger partial charge in [-0.2, -0.15) is 0 Å². The fourth-order valence-corrected chi connectivity index (χ4v) is 0.667. The topological polar surface area (TPSA) is 12.0 Å². The molecule has 0 saturated carbocycles. The predicted octanol–water partition coefficient (Wildman–Crippen LogP) is 2.77. The summed E-state index contributed by atoms with van der Waals surface area (Å²) in [7, 11) is 0. The normalized spacial score (nSPS) is 11.6. The number of hydrogen-bond acceptors (Lipinski definition) is 1. The summed E-state index contributed by atoms with van der Waals surface area (Å²) in [4.78, 5) is 0. The average Bonchev–Trinajstić information content (AvgIpc) is 1.52. The van der Waals surface area contributed by atoms with Gasteiger partial charge in [0.05, 0.1) is 0 Å². The van der Waals surface area contributed by atoms with Crippen molar-refractivity contribution in [2.75, 3.05) is 0 Å². The van der Waals surface area contributed by atoms with Crippen LogP contribution in [-0.2, 0) is 0 Å². The van der Waals surface area contributed by atoms with Gasteiger partial charge in [0, 0.05) is 12.1 Å². The molecule has 0 aliphatic rings. The van der Waals surface area contributed by atoms with Gasteiger partial charge in [0.1, 0.15) is 0 Å². The van der Waals surface area contributed by atoms with E-state index in [1.807, 2.05) is 0 Å². The minimum atomic E-state index is 0.500. The number of hydrogen-bond donors (Lipinski definition) is 1. The van der Waals surface area contributed by atoms with Gasteiger partial charge >= 0.3 is 42.6 Å². The molecule has 0 aliphatic carbocycles. The van der Waals surface area contributed by atoms with E-state index in [9.17, 15) is 0 Å². The van der Waals surface area contributed by atoms with Gasteiger partial charge in [-0.15, -0.1) is 0 Å².